The number of rotatable bonds is 8. The SMILES string of the molecule is [Cl-].[NH3+][C@@H](CS)C(=O)Nc1ccc(NC(=O)Cc2cc(Cl)cc(Cl)c2)c(C(=O)c2ccccc2)c1. The number of thiol groups is 1. The number of hydrogen-bond donors (Lipinski definition) is 4. The molecule has 1 atom stereocenters. The van der Waals surface area contributed by atoms with E-state index in [4.69, 9.17) is 23.2 Å². The van der Waals surface area contributed by atoms with Crippen LogP contribution in [0.15, 0.2) is 66.7 Å². The predicted octanol–water partition coefficient (Wildman–Crippen LogP) is 0.888. The predicted molar refractivity (Wildman–Crippen MR) is 134 cm³/mol. The number of hydrogen-bond acceptors (Lipinski definition) is 4. The highest BCUT2D eigenvalue weighted by atomic mass is 35.5. The molecule has 3 aromatic carbocycles. The van der Waals surface area contributed by atoms with Crippen molar-refractivity contribution in [3.05, 3.63) is 93.5 Å². The fraction of sp³-hybridized carbons (Fsp3) is 0.125. The molecule has 3 aromatic rings. The third-order valence-corrected chi connectivity index (χ3v) is 5.60. The van der Waals surface area contributed by atoms with Crippen molar-refractivity contribution in [2.45, 2.75) is 12.5 Å². The molecule has 0 saturated heterocycles. The average Bonchev–Trinajstić information content (AvgIpc) is 2.78. The Bertz CT molecular complexity index is 1170. The minimum absolute atomic E-state index is 0. The minimum Gasteiger partial charge on any atom is -1.00 e. The maximum atomic E-state index is 13.2. The summed E-state index contributed by atoms with van der Waals surface area (Å²) in [7, 11) is 0. The molecule has 0 heterocycles. The highest BCUT2D eigenvalue weighted by Gasteiger charge is 2.19. The van der Waals surface area contributed by atoms with Gasteiger partial charge in [-0.15, -0.1) is 0 Å². The zero-order valence-corrected chi connectivity index (χ0v) is 21.0. The second kappa shape index (κ2) is 12.8. The summed E-state index contributed by atoms with van der Waals surface area (Å²) < 4.78 is 0. The van der Waals surface area contributed by atoms with Gasteiger partial charge in [-0.1, -0.05) is 53.5 Å². The van der Waals surface area contributed by atoms with Crippen LogP contribution in [-0.2, 0) is 16.0 Å². The van der Waals surface area contributed by atoms with E-state index >= 15 is 0 Å². The van der Waals surface area contributed by atoms with E-state index < -0.39 is 6.04 Å². The van der Waals surface area contributed by atoms with Gasteiger partial charge >= 0.3 is 0 Å². The Morgan fingerprint density at radius 1 is 0.912 bits per heavy atom. The lowest BCUT2D eigenvalue weighted by Gasteiger charge is -2.14. The molecule has 5 N–H and O–H groups in total. The molecular weight excluding hydrogens is 517 g/mol. The monoisotopic (exact) mass is 537 g/mol. The maximum Gasteiger partial charge on any atom is 0.283 e. The van der Waals surface area contributed by atoms with Crippen LogP contribution in [0.1, 0.15) is 21.5 Å². The van der Waals surface area contributed by atoms with Gasteiger partial charge in [0.25, 0.3) is 5.91 Å². The molecule has 3 rings (SSSR count). The molecule has 34 heavy (non-hydrogen) atoms. The van der Waals surface area contributed by atoms with Gasteiger partial charge in [-0.3, -0.25) is 14.4 Å². The maximum absolute atomic E-state index is 13.2. The van der Waals surface area contributed by atoms with Gasteiger partial charge in [-0.05, 0) is 42.0 Å². The van der Waals surface area contributed by atoms with Crippen LogP contribution >= 0.6 is 35.8 Å². The first-order valence-electron chi connectivity index (χ1n) is 10.00. The number of quaternary nitrogens is 1. The van der Waals surface area contributed by atoms with Crippen molar-refractivity contribution in [1.82, 2.24) is 0 Å². The van der Waals surface area contributed by atoms with Crippen molar-refractivity contribution in [2.24, 2.45) is 0 Å². The van der Waals surface area contributed by atoms with Crippen LogP contribution in [0.5, 0.6) is 0 Å². The van der Waals surface area contributed by atoms with Crippen molar-refractivity contribution >= 4 is 64.8 Å². The number of anilines is 2. The third kappa shape index (κ3) is 7.48. The van der Waals surface area contributed by atoms with E-state index in [1.54, 1.807) is 60.7 Å². The molecule has 0 aliphatic carbocycles. The summed E-state index contributed by atoms with van der Waals surface area (Å²) in [5, 5.41) is 6.36. The Labute approximate surface area is 219 Å². The van der Waals surface area contributed by atoms with Crippen LogP contribution < -0.4 is 28.8 Å². The van der Waals surface area contributed by atoms with Gasteiger partial charge in [0.2, 0.25) is 5.91 Å². The lowest BCUT2D eigenvalue weighted by Crippen LogP contribution is -3.00. The summed E-state index contributed by atoms with van der Waals surface area (Å²) >= 11 is 16.1. The van der Waals surface area contributed by atoms with Crippen LogP contribution in [0.25, 0.3) is 0 Å². The molecule has 0 unspecified atom stereocenters. The second-order valence-corrected chi connectivity index (χ2v) is 8.56. The lowest BCUT2D eigenvalue weighted by molar-refractivity contribution is -0.395. The van der Waals surface area contributed by atoms with Gasteiger partial charge in [0.1, 0.15) is 0 Å². The van der Waals surface area contributed by atoms with E-state index in [1.807, 2.05) is 0 Å². The normalized spacial score (nSPS) is 11.2. The average molecular weight is 539 g/mol. The van der Waals surface area contributed by atoms with Crippen molar-refractivity contribution in [3.63, 3.8) is 0 Å². The van der Waals surface area contributed by atoms with E-state index in [9.17, 15) is 14.4 Å². The highest BCUT2D eigenvalue weighted by Crippen LogP contribution is 2.25. The summed E-state index contributed by atoms with van der Waals surface area (Å²) in [5.74, 6) is -0.686. The molecule has 0 fully saturated rings. The van der Waals surface area contributed by atoms with E-state index in [0.29, 0.717) is 32.5 Å². The van der Waals surface area contributed by atoms with E-state index in [2.05, 4.69) is 29.0 Å². The first-order chi connectivity index (χ1) is 15.8. The van der Waals surface area contributed by atoms with Crippen molar-refractivity contribution in [3.8, 4) is 0 Å². The first-order valence-corrected chi connectivity index (χ1v) is 11.4. The smallest absolute Gasteiger partial charge is 0.283 e. The molecule has 0 aromatic heterocycles. The molecule has 0 saturated carbocycles. The standard InChI is InChI=1S/C24H21Cl2N3O3S.ClH/c25-16-8-14(9-17(26)11-16)10-22(30)29-21-7-6-18(28-24(32)20(27)13-33)12-19(21)23(31)15-4-2-1-3-5-15;/h1-9,11-12,20,33H,10,13,27H2,(H,28,32)(H,29,30);1H/t20-;/m0./s1. The number of nitrogens with one attached hydrogen (secondary N) is 2. The largest absolute Gasteiger partial charge is 1.00 e. The Hall–Kier alpha value is -2.55. The van der Waals surface area contributed by atoms with E-state index in [-0.39, 0.29) is 47.7 Å². The van der Waals surface area contributed by atoms with Gasteiger partial charge in [-0.2, -0.15) is 12.6 Å². The molecule has 0 radical (unpaired) electrons. The third-order valence-electron chi connectivity index (χ3n) is 4.72. The van der Waals surface area contributed by atoms with Crippen LogP contribution in [0.4, 0.5) is 11.4 Å². The molecular formula is C24H22Cl3N3O3S. The van der Waals surface area contributed by atoms with E-state index in [0.717, 1.165) is 0 Å². The molecule has 178 valence electrons. The molecule has 0 bridgehead atoms. The summed E-state index contributed by atoms with van der Waals surface area (Å²) in [4.78, 5) is 38.1. The van der Waals surface area contributed by atoms with Crippen LogP contribution in [-0.4, -0.2) is 29.4 Å². The molecule has 0 spiro atoms. The van der Waals surface area contributed by atoms with Gasteiger partial charge < -0.3 is 28.8 Å². The fourth-order valence-corrected chi connectivity index (χ4v) is 3.82. The van der Waals surface area contributed by atoms with Gasteiger partial charge in [-0.25, -0.2) is 0 Å². The quantitative estimate of drug-likeness (QED) is 0.253. The fourth-order valence-electron chi connectivity index (χ4n) is 3.08. The summed E-state index contributed by atoms with van der Waals surface area (Å²) in [5.41, 5.74) is 5.79. The summed E-state index contributed by atoms with van der Waals surface area (Å²) in [6.45, 7) is 0. The van der Waals surface area contributed by atoms with Crippen LogP contribution in [0, 0.1) is 0 Å². The van der Waals surface area contributed by atoms with E-state index in [1.165, 1.54) is 6.07 Å². The second-order valence-electron chi connectivity index (χ2n) is 7.33. The summed E-state index contributed by atoms with van der Waals surface area (Å²) in [6, 6.07) is 17.7. The number of carbonyl (C=O) groups excluding carboxylic acids is 3. The number of carbonyl (C=O) groups is 3. The Kier molecular flexibility index (Phi) is 10.4. The van der Waals surface area contributed by atoms with Crippen molar-refractivity contribution in [1.29, 1.82) is 0 Å². The van der Waals surface area contributed by atoms with Gasteiger partial charge in [0.15, 0.2) is 11.8 Å². The summed E-state index contributed by atoms with van der Waals surface area (Å²) in [6.07, 6.45) is 0.0167. The van der Waals surface area contributed by atoms with Crippen molar-refractivity contribution in [2.75, 3.05) is 16.4 Å². The molecule has 2 amide bonds. The van der Waals surface area contributed by atoms with Crippen LogP contribution in [0.3, 0.4) is 0 Å². The number of ketones is 1. The number of halogens is 3. The lowest BCUT2D eigenvalue weighted by atomic mass is 10.0. The van der Waals surface area contributed by atoms with Crippen LogP contribution in [0.2, 0.25) is 10.0 Å². The van der Waals surface area contributed by atoms with Gasteiger partial charge in [0.05, 0.1) is 17.9 Å². The minimum atomic E-state index is -0.550. The molecule has 0 aliphatic heterocycles. The zero-order chi connectivity index (χ0) is 24.0. The molecule has 10 heteroatoms. The number of benzene rings is 3. The Balaban J connectivity index is 0.00000408. The molecule has 6 nitrogen and oxygen atoms in total. The Morgan fingerprint density at radius 3 is 2.18 bits per heavy atom. The first kappa shape index (κ1) is 27.7. The van der Waals surface area contributed by atoms with Gasteiger partial charge in [0, 0.05) is 26.9 Å². The van der Waals surface area contributed by atoms with Crippen molar-refractivity contribution < 1.29 is 32.5 Å². The highest BCUT2D eigenvalue weighted by molar-refractivity contribution is 7.80. The zero-order valence-electron chi connectivity index (χ0n) is 17.9. The Morgan fingerprint density at radius 2 is 1.56 bits per heavy atom. The topological polar surface area (TPSA) is 103 Å². The number of amides is 2. The molecule has 0 aliphatic rings.